The van der Waals surface area contributed by atoms with Crippen LogP contribution in [0.25, 0.3) is 10.2 Å². The van der Waals surface area contributed by atoms with E-state index in [9.17, 15) is 4.79 Å². The fraction of sp³-hybridized carbons (Fsp3) is 0.333. The molecule has 2 heterocycles. The second-order valence-corrected chi connectivity index (χ2v) is 8.06. The third kappa shape index (κ3) is 3.83. The van der Waals surface area contributed by atoms with Gasteiger partial charge in [0.15, 0.2) is 5.13 Å². The summed E-state index contributed by atoms with van der Waals surface area (Å²) in [6.07, 6.45) is 0.431. The number of rotatable bonds is 6. The molecule has 126 valence electrons. The molecule has 0 saturated heterocycles. The number of aryl methyl sites for hydroxylation is 1. The Hall–Kier alpha value is -1.76. The van der Waals surface area contributed by atoms with Crippen LogP contribution < -0.4 is 4.90 Å². The van der Waals surface area contributed by atoms with E-state index in [1.165, 1.54) is 0 Å². The van der Waals surface area contributed by atoms with Crippen molar-refractivity contribution in [3.8, 4) is 0 Å². The molecule has 1 aromatic carbocycles. The number of para-hydroxylation sites is 1. The molecule has 1 amide bonds. The van der Waals surface area contributed by atoms with Gasteiger partial charge in [0.05, 0.1) is 16.6 Å². The van der Waals surface area contributed by atoms with E-state index in [0.29, 0.717) is 13.0 Å². The molecule has 2 aromatic heterocycles. The fourth-order valence-electron chi connectivity index (χ4n) is 2.47. The van der Waals surface area contributed by atoms with Gasteiger partial charge in [0.2, 0.25) is 5.91 Å². The Kier molecular flexibility index (Phi) is 5.28. The van der Waals surface area contributed by atoms with Gasteiger partial charge < -0.3 is 4.90 Å². The van der Waals surface area contributed by atoms with Gasteiger partial charge in [-0.2, -0.15) is 0 Å². The number of carbonyl (C=O) groups is 1. The summed E-state index contributed by atoms with van der Waals surface area (Å²) in [5.74, 6) is 0.107. The standard InChI is InChI=1S/C18H21N3OS2/c1-13-6-4-8-15-17(13)19-18(24-15)21(10-9-20(2)3)16(22)12-14-7-5-11-23-14/h4-8,11H,9-10,12H2,1-3H3. The van der Waals surface area contributed by atoms with Gasteiger partial charge in [-0.15, -0.1) is 11.3 Å². The van der Waals surface area contributed by atoms with Gasteiger partial charge in [0.1, 0.15) is 0 Å². The molecule has 0 saturated carbocycles. The van der Waals surface area contributed by atoms with E-state index in [0.717, 1.165) is 32.3 Å². The molecule has 0 aliphatic heterocycles. The fourth-order valence-corrected chi connectivity index (χ4v) is 4.26. The molecule has 0 aliphatic rings. The first kappa shape index (κ1) is 17.1. The predicted molar refractivity (Wildman–Crippen MR) is 103 cm³/mol. The van der Waals surface area contributed by atoms with Gasteiger partial charge in [-0.05, 0) is 44.1 Å². The van der Waals surface area contributed by atoms with Crippen LogP contribution in [-0.4, -0.2) is 43.0 Å². The lowest BCUT2D eigenvalue weighted by molar-refractivity contribution is -0.118. The van der Waals surface area contributed by atoms with Crippen molar-refractivity contribution in [2.75, 3.05) is 32.1 Å². The average Bonchev–Trinajstić information content (AvgIpc) is 3.17. The van der Waals surface area contributed by atoms with Gasteiger partial charge >= 0.3 is 0 Å². The molecule has 4 nitrogen and oxygen atoms in total. The Bertz CT molecular complexity index is 824. The highest BCUT2D eigenvalue weighted by Crippen LogP contribution is 2.31. The van der Waals surface area contributed by atoms with E-state index in [1.54, 1.807) is 22.7 Å². The first-order chi connectivity index (χ1) is 11.5. The maximum Gasteiger partial charge on any atom is 0.234 e. The molecule has 3 rings (SSSR count). The number of amides is 1. The zero-order valence-corrected chi connectivity index (χ0v) is 15.8. The SMILES string of the molecule is Cc1cccc2sc(N(CCN(C)C)C(=O)Cc3cccs3)nc12. The summed E-state index contributed by atoms with van der Waals surface area (Å²) in [6, 6.07) is 10.2. The van der Waals surface area contributed by atoms with Gasteiger partial charge in [0, 0.05) is 18.0 Å². The van der Waals surface area contributed by atoms with Gasteiger partial charge in [-0.25, -0.2) is 4.98 Å². The van der Waals surface area contributed by atoms with Crippen LogP contribution >= 0.6 is 22.7 Å². The molecule has 0 N–H and O–H groups in total. The van der Waals surface area contributed by atoms with Crippen molar-refractivity contribution in [2.45, 2.75) is 13.3 Å². The molecule has 0 fully saturated rings. The number of fused-ring (bicyclic) bond motifs is 1. The first-order valence-electron chi connectivity index (χ1n) is 7.88. The average molecular weight is 360 g/mol. The highest BCUT2D eigenvalue weighted by molar-refractivity contribution is 7.22. The minimum Gasteiger partial charge on any atom is -0.308 e. The van der Waals surface area contributed by atoms with Crippen molar-refractivity contribution in [3.05, 3.63) is 46.2 Å². The summed E-state index contributed by atoms with van der Waals surface area (Å²) in [5.41, 5.74) is 2.14. The first-order valence-corrected chi connectivity index (χ1v) is 9.58. The molecule has 24 heavy (non-hydrogen) atoms. The number of nitrogens with zero attached hydrogens (tertiary/aromatic N) is 3. The molecule has 0 unspecified atom stereocenters. The van der Waals surface area contributed by atoms with Crippen molar-refractivity contribution in [2.24, 2.45) is 0 Å². The number of likely N-dealkylation sites (N-methyl/N-ethyl adjacent to an activating group) is 1. The Labute approximate surface area is 150 Å². The lowest BCUT2D eigenvalue weighted by Gasteiger charge is -2.21. The molecule has 6 heteroatoms. The lowest BCUT2D eigenvalue weighted by Crippen LogP contribution is -2.37. The summed E-state index contributed by atoms with van der Waals surface area (Å²) >= 11 is 3.21. The topological polar surface area (TPSA) is 36.4 Å². The van der Waals surface area contributed by atoms with E-state index in [-0.39, 0.29) is 5.91 Å². The third-order valence-corrected chi connectivity index (χ3v) is 5.74. The molecule has 0 aliphatic carbocycles. The minimum absolute atomic E-state index is 0.107. The monoisotopic (exact) mass is 359 g/mol. The van der Waals surface area contributed by atoms with Crippen LogP contribution in [0.15, 0.2) is 35.7 Å². The smallest absolute Gasteiger partial charge is 0.234 e. The number of anilines is 1. The van der Waals surface area contributed by atoms with E-state index >= 15 is 0 Å². The summed E-state index contributed by atoms with van der Waals surface area (Å²) in [4.78, 5) is 22.6. The molecule has 0 spiro atoms. The number of hydrogen-bond donors (Lipinski definition) is 0. The maximum absolute atomic E-state index is 12.9. The van der Waals surface area contributed by atoms with Crippen molar-refractivity contribution in [1.82, 2.24) is 9.88 Å². The summed E-state index contributed by atoms with van der Waals surface area (Å²) in [7, 11) is 4.04. The number of carbonyl (C=O) groups excluding carboxylic acids is 1. The normalized spacial score (nSPS) is 11.3. The van der Waals surface area contributed by atoms with E-state index in [1.807, 2.05) is 42.6 Å². The second kappa shape index (κ2) is 7.42. The number of benzene rings is 1. The predicted octanol–water partition coefficient (Wildman–Crippen LogP) is 3.80. The van der Waals surface area contributed by atoms with Crippen molar-refractivity contribution in [3.63, 3.8) is 0 Å². The van der Waals surface area contributed by atoms with Crippen LogP contribution in [0, 0.1) is 6.92 Å². The molecular formula is C18H21N3OS2. The van der Waals surface area contributed by atoms with Crippen LogP contribution in [0.5, 0.6) is 0 Å². The van der Waals surface area contributed by atoms with Crippen LogP contribution in [0.4, 0.5) is 5.13 Å². The zero-order valence-electron chi connectivity index (χ0n) is 14.2. The van der Waals surface area contributed by atoms with E-state index < -0.39 is 0 Å². The number of hydrogen-bond acceptors (Lipinski definition) is 5. The number of aromatic nitrogens is 1. The highest BCUT2D eigenvalue weighted by Gasteiger charge is 2.20. The van der Waals surface area contributed by atoms with Crippen molar-refractivity contribution in [1.29, 1.82) is 0 Å². The molecule has 0 atom stereocenters. The Morgan fingerprint density at radius 1 is 1.17 bits per heavy atom. The van der Waals surface area contributed by atoms with E-state index in [4.69, 9.17) is 4.98 Å². The molecule has 3 aromatic rings. The zero-order chi connectivity index (χ0) is 17.1. The van der Waals surface area contributed by atoms with Gasteiger partial charge in [0.25, 0.3) is 0 Å². The number of thiazole rings is 1. The van der Waals surface area contributed by atoms with Gasteiger partial charge in [-0.1, -0.05) is 29.5 Å². The third-order valence-electron chi connectivity index (χ3n) is 3.82. The molecule has 0 radical (unpaired) electrons. The number of thiophene rings is 1. The quantitative estimate of drug-likeness (QED) is 0.672. The second-order valence-electron chi connectivity index (χ2n) is 6.02. The van der Waals surface area contributed by atoms with Crippen LogP contribution in [-0.2, 0) is 11.2 Å². The lowest BCUT2D eigenvalue weighted by atomic mass is 10.2. The Balaban J connectivity index is 1.90. The molecule has 0 bridgehead atoms. The molecular weight excluding hydrogens is 338 g/mol. The van der Waals surface area contributed by atoms with Crippen molar-refractivity contribution >= 4 is 43.9 Å². The summed E-state index contributed by atoms with van der Waals surface area (Å²) in [5, 5.41) is 2.80. The Morgan fingerprint density at radius 2 is 2.00 bits per heavy atom. The van der Waals surface area contributed by atoms with Crippen molar-refractivity contribution < 1.29 is 4.79 Å². The Morgan fingerprint density at radius 3 is 2.67 bits per heavy atom. The van der Waals surface area contributed by atoms with Crippen LogP contribution in [0.3, 0.4) is 0 Å². The minimum atomic E-state index is 0.107. The summed E-state index contributed by atoms with van der Waals surface area (Å²) in [6.45, 7) is 3.52. The maximum atomic E-state index is 12.9. The van der Waals surface area contributed by atoms with E-state index in [2.05, 4.69) is 24.0 Å². The van der Waals surface area contributed by atoms with Crippen LogP contribution in [0.1, 0.15) is 10.4 Å². The largest absolute Gasteiger partial charge is 0.308 e. The summed E-state index contributed by atoms with van der Waals surface area (Å²) < 4.78 is 1.13. The van der Waals surface area contributed by atoms with Crippen LogP contribution in [0.2, 0.25) is 0 Å². The highest BCUT2D eigenvalue weighted by atomic mass is 32.1. The van der Waals surface area contributed by atoms with Gasteiger partial charge in [-0.3, -0.25) is 9.69 Å².